The third kappa shape index (κ3) is 5.42. The molecule has 0 aliphatic rings. The van der Waals surface area contributed by atoms with Crippen LogP contribution in [0.5, 0.6) is 0 Å². The summed E-state index contributed by atoms with van der Waals surface area (Å²) in [6, 6.07) is 20.6. The molecule has 0 aliphatic carbocycles. The van der Waals surface area contributed by atoms with Crippen molar-refractivity contribution in [2.45, 2.75) is 9.79 Å². The molecule has 3 rings (SSSR count). The second-order valence-electron chi connectivity index (χ2n) is 5.63. The van der Waals surface area contributed by atoms with Crippen LogP contribution in [0.3, 0.4) is 0 Å². The van der Waals surface area contributed by atoms with Crippen molar-refractivity contribution < 1.29 is 9.72 Å². The van der Waals surface area contributed by atoms with Crippen LogP contribution in [0.25, 0.3) is 0 Å². The molecule has 0 unspecified atom stereocenters. The molecule has 8 heteroatoms. The topological polar surface area (TPSA) is 84.6 Å². The van der Waals surface area contributed by atoms with E-state index < -0.39 is 10.8 Å². The minimum atomic E-state index is -0.519. The molecule has 0 spiro atoms. The predicted molar refractivity (Wildman–Crippen MR) is 110 cm³/mol. The Balaban J connectivity index is 1.56. The quantitative estimate of drug-likeness (QED) is 0.344. The van der Waals surface area contributed by atoms with Gasteiger partial charge in [-0.25, -0.2) is 5.43 Å². The average Bonchev–Trinajstić information content (AvgIpc) is 2.71. The predicted octanol–water partition coefficient (Wildman–Crippen LogP) is 5.16. The first-order valence-corrected chi connectivity index (χ1v) is 9.32. The fourth-order valence-corrected chi connectivity index (χ4v) is 3.17. The van der Waals surface area contributed by atoms with Crippen molar-refractivity contribution in [2.24, 2.45) is 5.10 Å². The van der Waals surface area contributed by atoms with E-state index in [0.717, 1.165) is 15.4 Å². The number of hydrazone groups is 1. The highest BCUT2D eigenvalue weighted by atomic mass is 35.5. The van der Waals surface area contributed by atoms with E-state index in [9.17, 15) is 14.9 Å². The van der Waals surface area contributed by atoms with Crippen molar-refractivity contribution in [1.82, 2.24) is 5.43 Å². The minimum absolute atomic E-state index is 0.0726. The fraction of sp³-hybridized carbons (Fsp3) is 0. The van der Waals surface area contributed by atoms with Crippen molar-refractivity contribution in [3.8, 4) is 0 Å². The van der Waals surface area contributed by atoms with Crippen LogP contribution in [0.1, 0.15) is 15.9 Å². The first-order chi connectivity index (χ1) is 13.5. The molecule has 140 valence electrons. The molecule has 3 aromatic rings. The number of carbonyl (C=O) groups is 1. The third-order valence-electron chi connectivity index (χ3n) is 3.65. The smallest absolute Gasteiger partial charge is 0.267 e. The Hall–Kier alpha value is -3.16. The highest BCUT2D eigenvalue weighted by Crippen LogP contribution is 2.28. The molecule has 1 amide bonds. The van der Waals surface area contributed by atoms with E-state index in [1.807, 2.05) is 48.5 Å². The van der Waals surface area contributed by atoms with Gasteiger partial charge in [0.05, 0.1) is 11.1 Å². The van der Waals surface area contributed by atoms with Crippen molar-refractivity contribution in [3.63, 3.8) is 0 Å². The van der Waals surface area contributed by atoms with Crippen molar-refractivity contribution in [2.75, 3.05) is 0 Å². The lowest BCUT2D eigenvalue weighted by Gasteiger charge is -2.02. The van der Waals surface area contributed by atoms with Crippen LogP contribution in [0.15, 0.2) is 87.7 Å². The monoisotopic (exact) mass is 411 g/mol. The number of rotatable bonds is 6. The first-order valence-electron chi connectivity index (χ1n) is 8.12. The first kappa shape index (κ1) is 19.6. The normalized spacial score (nSPS) is 10.8. The second-order valence-corrected chi connectivity index (χ2v) is 7.21. The van der Waals surface area contributed by atoms with Gasteiger partial charge in [0.2, 0.25) is 0 Å². The summed E-state index contributed by atoms with van der Waals surface area (Å²) in [5.41, 5.74) is 3.44. The Bertz CT molecular complexity index is 1000. The highest BCUT2D eigenvalue weighted by molar-refractivity contribution is 7.99. The minimum Gasteiger partial charge on any atom is -0.267 e. The lowest BCUT2D eigenvalue weighted by molar-refractivity contribution is -0.384. The molecule has 0 radical (unpaired) electrons. The Morgan fingerprint density at radius 3 is 2.11 bits per heavy atom. The Kier molecular flexibility index (Phi) is 6.41. The number of nitro groups is 1. The Morgan fingerprint density at radius 1 is 0.964 bits per heavy atom. The maximum absolute atomic E-state index is 12.0. The van der Waals surface area contributed by atoms with Crippen LogP contribution in [0.4, 0.5) is 5.69 Å². The van der Waals surface area contributed by atoms with Crippen molar-refractivity contribution in [3.05, 3.63) is 99.1 Å². The van der Waals surface area contributed by atoms with Gasteiger partial charge in [-0.15, -0.1) is 0 Å². The van der Waals surface area contributed by atoms with Crippen LogP contribution in [0.2, 0.25) is 5.02 Å². The lowest BCUT2D eigenvalue weighted by Crippen LogP contribution is -2.17. The SMILES string of the molecule is O=C(N/N=C\c1ccc(Sc2ccc(Cl)cc2)cc1)c1ccc([N+](=O)[O-])cc1. The van der Waals surface area contributed by atoms with Gasteiger partial charge < -0.3 is 0 Å². The van der Waals surface area contributed by atoms with E-state index >= 15 is 0 Å². The van der Waals surface area contributed by atoms with Gasteiger partial charge in [0.15, 0.2) is 0 Å². The van der Waals surface area contributed by atoms with Gasteiger partial charge in [0.25, 0.3) is 11.6 Å². The number of hydrogen-bond acceptors (Lipinski definition) is 5. The van der Waals surface area contributed by atoms with Crippen molar-refractivity contribution >= 4 is 41.2 Å². The summed E-state index contributed by atoms with van der Waals surface area (Å²) in [6.07, 6.45) is 1.53. The maximum Gasteiger partial charge on any atom is 0.271 e. The number of hydrogen-bond donors (Lipinski definition) is 1. The summed E-state index contributed by atoms with van der Waals surface area (Å²) in [4.78, 5) is 24.2. The molecule has 28 heavy (non-hydrogen) atoms. The van der Waals surface area contributed by atoms with E-state index in [0.29, 0.717) is 5.02 Å². The molecular formula is C20H14ClN3O3S. The van der Waals surface area contributed by atoms with Crippen LogP contribution < -0.4 is 5.43 Å². The number of halogens is 1. The number of amides is 1. The molecular weight excluding hydrogens is 398 g/mol. The van der Waals surface area contributed by atoms with Crippen LogP contribution in [0, 0.1) is 10.1 Å². The summed E-state index contributed by atoms with van der Waals surface area (Å²) in [5, 5.41) is 15.2. The summed E-state index contributed by atoms with van der Waals surface area (Å²) in [7, 11) is 0. The molecule has 0 aliphatic heterocycles. The summed E-state index contributed by atoms with van der Waals surface area (Å²) in [5.74, 6) is -0.443. The van der Waals surface area contributed by atoms with Crippen LogP contribution >= 0.6 is 23.4 Å². The molecule has 0 heterocycles. The standard InChI is InChI=1S/C20H14ClN3O3S/c21-16-5-11-19(12-6-16)28-18-9-1-14(2-10-18)13-22-23-20(25)15-3-7-17(8-4-15)24(26)27/h1-13H,(H,23,25)/b22-13-. The van der Waals surface area contributed by atoms with Gasteiger partial charge in [0, 0.05) is 32.5 Å². The number of nitrogens with zero attached hydrogens (tertiary/aromatic N) is 2. The third-order valence-corrected chi connectivity index (χ3v) is 4.92. The molecule has 3 aromatic carbocycles. The van der Waals surface area contributed by atoms with Crippen LogP contribution in [-0.2, 0) is 0 Å². The van der Waals surface area contributed by atoms with Crippen molar-refractivity contribution in [1.29, 1.82) is 0 Å². The lowest BCUT2D eigenvalue weighted by atomic mass is 10.2. The molecule has 0 saturated carbocycles. The average molecular weight is 412 g/mol. The van der Waals surface area contributed by atoms with Gasteiger partial charge in [-0.05, 0) is 54.1 Å². The number of nitrogens with one attached hydrogen (secondary N) is 1. The Morgan fingerprint density at radius 2 is 1.54 bits per heavy atom. The van der Waals surface area contributed by atoms with E-state index in [4.69, 9.17) is 11.6 Å². The summed E-state index contributed by atoms with van der Waals surface area (Å²) >= 11 is 7.50. The van der Waals surface area contributed by atoms with E-state index in [2.05, 4.69) is 10.5 Å². The second kappa shape index (κ2) is 9.16. The summed E-state index contributed by atoms with van der Waals surface area (Å²) in [6.45, 7) is 0. The van der Waals surface area contributed by atoms with Gasteiger partial charge in [-0.3, -0.25) is 14.9 Å². The molecule has 0 fully saturated rings. The largest absolute Gasteiger partial charge is 0.271 e. The Labute approximate surface area is 170 Å². The van der Waals surface area contributed by atoms with E-state index in [1.54, 1.807) is 11.8 Å². The zero-order valence-corrected chi connectivity index (χ0v) is 16.0. The molecule has 0 atom stereocenters. The highest BCUT2D eigenvalue weighted by Gasteiger charge is 2.08. The van der Waals surface area contributed by atoms with E-state index in [-0.39, 0.29) is 11.3 Å². The van der Waals surface area contributed by atoms with E-state index in [1.165, 1.54) is 30.5 Å². The van der Waals surface area contributed by atoms with Gasteiger partial charge in [-0.1, -0.05) is 35.5 Å². The molecule has 0 bridgehead atoms. The van der Waals surface area contributed by atoms with Gasteiger partial charge >= 0.3 is 0 Å². The number of carbonyl (C=O) groups excluding carboxylic acids is 1. The van der Waals surface area contributed by atoms with Crippen LogP contribution in [-0.4, -0.2) is 17.0 Å². The molecule has 6 nitrogen and oxygen atoms in total. The summed E-state index contributed by atoms with van der Waals surface area (Å²) < 4.78 is 0. The molecule has 0 aromatic heterocycles. The maximum atomic E-state index is 12.0. The van der Waals surface area contributed by atoms with Gasteiger partial charge in [-0.2, -0.15) is 5.10 Å². The number of benzene rings is 3. The molecule has 0 saturated heterocycles. The zero-order chi connectivity index (χ0) is 19.9. The molecule has 1 N–H and O–H groups in total. The van der Waals surface area contributed by atoms with Gasteiger partial charge in [0.1, 0.15) is 0 Å². The fourth-order valence-electron chi connectivity index (χ4n) is 2.23. The number of non-ortho nitro benzene ring substituents is 1. The zero-order valence-electron chi connectivity index (χ0n) is 14.4. The number of nitro benzene ring substituents is 1.